The van der Waals surface area contributed by atoms with Crippen LogP contribution in [-0.2, 0) is 0 Å². The summed E-state index contributed by atoms with van der Waals surface area (Å²) in [6.45, 7) is 5.46. The summed E-state index contributed by atoms with van der Waals surface area (Å²) in [6, 6.07) is 10.9. The standard InChI is InChI=1S/C21H25N3O4/c1-3-27-17-8-4-15(5-9-17)22-21(26)23-12-19(13-23)28-18-10-14(2)24(16-6-7-16)20(25)11-18/h4-5,8-11,16,19H,3,6-7,12-13H2,1-2H3,(H,22,26). The lowest BCUT2D eigenvalue weighted by molar-refractivity contribution is 0.0490. The molecule has 1 aromatic carbocycles. The number of nitrogens with one attached hydrogen (secondary N) is 1. The third kappa shape index (κ3) is 3.98. The van der Waals surface area contributed by atoms with Crippen molar-refractivity contribution in [1.82, 2.24) is 9.47 Å². The Bertz CT molecular complexity index is 912. The van der Waals surface area contributed by atoms with Gasteiger partial charge in [-0.05, 0) is 57.0 Å². The first-order valence-electron chi connectivity index (χ1n) is 9.72. The number of amides is 2. The summed E-state index contributed by atoms with van der Waals surface area (Å²) in [6.07, 6.45) is 2.05. The number of anilines is 1. The molecule has 2 aliphatic rings. The van der Waals surface area contributed by atoms with Crippen LogP contribution in [0.15, 0.2) is 41.2 Å². The van der Waals surface area contributed by atoms with E-state index in [9.17, 15) is 9.59 Å². The number of carbonyl (C=O) groups is 1. The van der Waals surface area contributed by atoms with Gasteiger partial charge in [-0.1, -0.05) is 0 Å². The molecule has 1 saturated heterocycles. The number of hydrogen-bond acceptors (Lipinski definition) is 4. The lowest BCUT2D eigenvalue weighted by Crippen LogP contribution is -2.57. The third-order valence-corrected chi connectivity index (χ3v) is 5.00. The number of likely N-dealkylation sites (tertiary alicyclic amines) is 1. The van der Waals surface area contributed by atoms with Gasteiger partial charge >= 0.3 is 6.03 Å². The minimum atomic E-state index is -0.163. The van der Waals surface area contributed by atoms with Crippen LogP contribution < -0.4 is 20.3 Å². The lowest BCUT2D eigenvalue weighted by atomic mass is 10.2. The highest BCUT2D eigenvalue weighted by Gasteiger charge is 2.33. The molecule has 2 fully saturated rings. The maximum absolute atomic E-state index is 12.3. The van der Waals surface area contributed by atoms with Gasteiger partial charge in [0, 0.05) is 23.5 Å². The van der Waals surface area contributed by atoms with E-state index in [0.29, 0.717) is 31.5 Å². The Morgan fingerprint density at radius 1 is 1.14 bits per heavy atom. The molecular weight excluding hydrogens is 358 g/mol. The van der Waals surface area contributed by atoms with Gasteiger partial charge in [0.2, 0.25) is 0 Å². The van der Waals surface area contributed by atoms with Crippen molar-refractivity contribution < 1.29 is 14.3 Å². The van der Waals surface area contributed by atoms with E-state index in [1.54, 1.807) is 11.0 Å². The molecule has 0 radical (unpaired) electrons. The number of benzene rings is 1. The number of urea groups is 1. The van der Waals surface area contributed by atoms with Crippen LogP contribution in [0, 0.1) is 6.92 Å². The van der Waals surface area contributed by atoms with E-state index < -0.39 is 0 Å². The minimum absolute atomic E-state index is 0.0121. The first kappa shape index (κ1) is 18.4. The summed E-state index contributed by atoms with van der Waals surface area (Å²) in [5.41, 5.74) is 1.63. The number of hydrogen-bond donors (Lipinski definition) is 1. The van der Waals surface area contributed by atoms with Gasteiger partial charge in [-0.15, -0.1) is 0 Å². The molecule has 0 bridgehead atoms. The molecule has 1 aromatic heterocycles. The maximum atomic E-state index is 12.3. The molecular formula is C21H25N3O4. The van der Waals surface area contributed by atoms with Crippen molar-refractivity contribution >= 4 is 11.7 Å². The number of nitrogens with zero attached hydrogens (tertiary/aromatic N) is 2. The summed E-state index contributed by atoms with van der Waals surface area (Å²) < 4.78 is 13.1. The Labute approximate surface area is 163 Å². The lowest BCUT2D eigenvalue weighted by Gasteiger charge is -2.38. The van der Waals surface area contributed by atoms with E-state index in [0.717, 1.165) is 30.0 Å². The Hall–Kier alpha value is -2.96. The molecule has 1 aliphatic heterocycles. The first-order valence-corrected chi connectivity index (χ1v) is 9.72. The molecule has 1 saturated carbocycles. The zero-order valence-corrected chi connectivity index (χ0v) is 16.2. The van der Waals surface area contributed by atoms with Crippen LogP contribution in [0.1, 0.15) is 31.5 Å². The van der Waals surface area contributed by atoms with Crippen molar-refractivity contribution in [2.24, 2.45) is 0 Å². The first-order chi connectivity index (χ1) is 13.5. The molecule has 28 heavy (non-hydrogen) atoms. The zero-order chi connectivity index (χ0) is 19.7. The van der Waals surface area contributed by atoms with Gasteiger partial charge in [-0.2, -0.15) is 0 Å². The van der Waals surface area contributed by atoms with Crippen molar-refractivity contribution in [1.29, 1.82) is 0 Å². The highest BCUT2D eigenvalue weighted by atomic mass is 16.5. The maximum Gasteiger partial charge on any atom is 0.322 e. The summed E-state index contributed by atoms with van der Waals surface area (Å²) in [4.78, 5) is 26.3. The molecule has 1 aliphatic carbocycles. The molecule has 0 atom stereocenters. The van der Waals surface area contributed by atoms with Crippen molar-refractivity contribution in [3.8, 4) is 11.5 Å². The van der Waals surface area contributed by atoms with Crippen LogP contribution >= 0.6 is 0 Å². The second-order valence-electron chi connectivity index (χ2n) is 7.30. The predicted molar refractivity (Wildman–Crippen MR) is 106 cm³/mol. The zero-order valence-electron chi connectivity index (χ0n) is 16.2. The Kier molecular flexibility index (Phi) is 4.98. The number of pyridine rings is 1. The van der Waals surface area contributed by atoms with E-state index in [4.69, 9.17) is 9.47 Å². The molecule has 148 valence electrons. The minimum Gasteiger partial charge on any atom is -0.494 e. The SMILES string of the molecule is CCOc1ccc(NC(=O)N2CC(Oc3cc(C)n(C4CC4)c(=O)c3)C2)cc1. The number of aromatic nitrogens is 1. The quantitative estimate of drug-likeness (QED) is 0.832. The van der Waals surface area contributed by atoms with Crippen molar-refractivity contribution in [2.75, 3.05) is 25.0 Å². The fourth-order valence-electron chi connectivity index (χ4n) is 3.43. The molecule has 2 aromatic rings. The molecule has 7 heteroatoms. The van der Waals surface area contributed by atoms with E-state index >= 15 is 0 Å². The second-order valence-corrected chi connectivity index (χ2v) is 7.30. The van der Waals surface area contributed by atoms with Crippen LogP contribution in [-0.4, -0.2) is 41.3 Å². The number of rotatable bonds is 6. The smallest absolute Gasteiger partial charge is 0.322 e. The number of carbonyl (C=O) groups excluding carboxylic acids is 1. The average molecular weight is 383 g/mol. The van der Waals surface area contributed by atoms with Gasteiger partial charge in [0.25, 0.3) is 5.56 Å². The topological polar surface area (TPSA) is 72.8 Å². The second kappa shape index (κ2) is 7.58. The van der Waals surface area contributed by atoms with Crippen LogP contribution in [0.25, 0.3) is 0 Å². The predicted octanol–water partition coefficient (Wildman–Crippen LogP) is 3.19. The van der Waals surface area contributed by atoms with Crippen LogP contribution in [0.2, 0.25) is 0 Å². The molecule has 0 spiro atoms. The van der Waals surface area contributed by atoms with Crippen molar-refractivity contribution in [3.05, 3.63) is 52.4 Å². The normalized spacial score (nSPS) is 16.4. The average Bonchev–Trinajstić information content (AvgIpc) is 3.44. The third-order valence-electron chi connectivity index (χ3n) is 5.00. The Morgan fingerprint density at radius 3 is 2.46 bits per heavy atom. The Morgan fingerprint density at radius 2 is 1.86 bits per heavy atom. The van der Waals surface area contributed by atoms with Gasteiger partial charge in [0.05, 0.1) is 19.7 Å². The van der Waals surface area contributed by atoms with Gasteiger partial charge in [0.15, 0.2) is 0 Å². The highest BCUT2D eigenvalue weighted by Crippen LogP contribution is 2.35. The van der Waals surface area contributed by atoms with Gasteiger partial charge < -0.3 is 24.3 Å². The summed E-state index contributed by atoms with van der Waals surface area (Å²) in [7, 11) is 0. The highest BCUT2D eigenvalue weighted by molar-refractivity contribution is 5.90. The largest absolute Gasteiger partial charge is 0.494 e. The molecule has 2 heterocycles. The van der Waals surface area contributed by atoms with Gasteiger partial charge in [-0.3, -0.25) is 4.79 Å². The van der Waals surface area contributed by atoms with E-state index in [2.05, 4.69) is 5.32 Å². The number of ether oxygens (including phenoxy) is 2. The van der Waals surface area contributed by atoms with Crippen LogP contribution in [0.5, 0.6) is 11.5 Å². The van der Waals surface area contributed by atoms with Gasteiger partial charge in [-0.25, -0.2) is 4.79 Å². The molecule has 7 nitrogen and oxygen atoms in total. The number of aryl methyl sites for hydroxylation is 1. The fourth-order valence-corrected chi connectivity index (χ4v) is 3.43. The molecule has 0 unspecified atom stereocenters. The summed E-state index contributed by atoms with van der Waals surface area (Å²) in [5.74, 6) is 1.35. The molecule has 2 amide bonds. The van der Waals surface area contributed by atoms with Crippen LogP contribution in [0.4, 0.5) is 10.5 Å². The van der Waals surface area contributed by atoms with E-state index in [-0.39, 0.29) is 17.7 Å². The summed E-state index contributed by atoms with van der Waals surface area (Å²) in [5, 5.41) is 2.87. The molecule has 1 N–H and O–H groups in total. The van der Waals surface area contributed by atoms with Gasteiger partial charge in [0.1, 0.15) is 17.6 Å². The van der Waals surface area contributed by atoms with E-state index in [1.807, 2.05) is 48.7 Å². The van der Waals surface area contributed by atoms with E-state index in [1.165, 1.54) is 0 Å². The monoisotopic (exact) mass is 383 g/mol. The summed E-state index contributed by atoms with van der Waals surface area (Å²) >= 11 is 0. The van der Waals surface area contributed by atoms with Crippen molar-refractivity contribution in [2.45, 2.75) is 38.8 Å². The van der Waals surface area contributed by atoms with Crippen molar-refractivity contribution in [3.63, 3.8) is 0 Å². The Balaban J connectivity index is 1.28. The van der Waals surface area contributed by atoms with Crippen LogP contribution in [0.3, 0.4) is 0 Å². The molecule has 4 rings (SSSR count). The fraction of sp³-hybridized carbons (Fsp3) is 0.429.